The van der Waals surface area contributed by atoms with Crippen LogP contribution in [0.25, 0.3) is 10.8 Å². The van der Waals surface area contributed by atoms with Crippen molar-refractivity contribution in [2.45, 2.75) is 19.6 Å². The molecule has 3 rings (SSSR count). The van der Waals surface area contributed by atoms with Crippen molar-refractivity contribution in [1.29, 1.82) is 0 Å². The van der Waals surface area contributed by atoms with Crippen molar-refractivity contribution in [3.63, 3.8) is 0 Å². The predicted molar refractivity (Wildman–Crippen MR) is 93.5 cm³/mol. The van der Waals surface area contributed by atoms with E-state index in [0.717, 1.165) is 4.68 Å². The Morgan fingerprint density at radius 1 is 1.16 bits per heavy atom. The molecule has 2 N–H and O–H groups in total. The SMILES string of the molecule is C[C@H](O)CN1CCN(C(=O)Cn2[nH]c(=O)c3ccccc3c2=O)CC1. The molecule has 2 aromatic rings. The molecule has 1 aromatic carbocycles. The van der Waals surface area contributed by atoms with Gasteiger partial charge in [0.15, 0.2) is 0 Å². The Hall–Kier alpha value is -2.45. The van der Waals surface area contributed by atoms with E-state index in [-0.39, 0.29) is 23.6 Å². The summed E-state index contributed by atoms with van der Waals surface area (Å²) in [5, 5.41) is 12.5. The van der Waals surface area contributed by atoms with Gasteiger partial charge in [-0.25, -0.2) is 4.68 Å². The molecule has 8 nitrogen and oxygen atoms in total. The van der Waals surface area contributed by atoms with Gasteiger partial charge in [0.25, 0.3) is 11.1 Å². The summed E-state index contributed by atoms with van der Waals surface area (Å²) in [6.45, 7) is 4.57. The Balaban J connectivity index is 1.72. The Kier molecular flexibility index (Phi) is 5.00. The van der Waals surface area contributed by atoms with E-state index < -0.39 is 6.10 Å². The Labute approximate surface area is 144 Å². The maximum absolute atomic E-state index is 12.5. The third kappa shape index (κ3) is 3.80. The van der Waals surface area contributed by atoms with Gasteiger partial charge in [-0.3, -0.25) is 24.4 Å². The van der Waals surface area contributed by atoms with Gasteiger partial charge in [-0.2, -0.15) is 0 Å². The van der Waals surface area contributed by atoms with E-state index >= 15 is 0 Å². The molecule has 0 radical (unpaired) electrons. The molecular weight excluding hydrogens is 324 g/mol. The molecule has 0 unspecified atom stereocenters. The number of amides is 1. The minimum absolute atomic E-state index is 0.185. The van der Waals surface area contributed by atoms with Crippen LogP contribution in [0.1, 0.15) is 6.92 Å². The first-order valence-electron chi connectivity index (χ1n) is 8.36. The van der Waals surface area contributed by atoms with Gasteiger partial charge in [-0.15, -0.1) is 0 Å². The van der Waals surface area contributed by atoms with E-state index in [9.17, 15) is 19.5 Å². The first-order valence-corrected chi connectivity index (χ1v) is 8.36. The van der Waals surface area contributed by atoms with E-state index in [1.807, 2.05) is 0 Å². The van der Waals surface area contributed by atoms with Crippen LogP contribution in [0.4, 0.5) is 0 Å². The number of carbonyl (C=O) groups is 1. The molecule has 25 heavy (non-hydrogen) atoms. The normalized spacial score (nSPS) is 17.0. The number of aliphatic hydroxyl groups is 1. The summed E-state index contributed by atoms with van der Waals surface area (Å²) in [6, 6.07) is 6.56. The van der Waals surface area contributed by atoms with Crippen LogP contribution in [0.2, 0.25) is 0 Å². The second-order valence-corrected chi connectivity index (χ2v) is 6.41. The van der Waals surface area contributed by atoms with Crippen LogP contribution in [-0.2, 0) is 11.3 Å². The van der Waals surface area contributed by atoms with Crippen molar-refractivity contribution in [1.82, 2.24) is 19.6 Å². The first-order chi connectivity index (χ1) is 12.0. The molecule has 2 heterocycles. The number of hydrogen-bond acceptors (Lipinski definition) is 5. The molecule has 1 amide bonds. The molecule has 0 aliphatic carbocycles. The van der Waals surface area contributed by atoms with Crippen LogP contribution in [0.15, 0.2) is 33.9 Å². The zero-order valence-electron chi connectivity index (χ0n) is 14.1. The second kappa shape index (κ2) is 7.20. The number of rotatable bonds is 4. The molecule has 0 spiro atoms. The molecule has 1 saturated heterocycles. The van der Waals surface area contributed by atoms with Crippen LogP contribution in [-0.4, -0.2) is 69.4 Å². The minimum atomic E-state index is -0.400. The smallest absolute Gasteiger partial charge is 0.273 e. The standard InChI is InChI=1S/C17H22N4O4/c1-12(22)10-19-6-8-20(9-7-19)15(23)11-21-17(25)14-5-3-2-4-13(14)16(24)18-21/h2-5,12,22H,6-11H2,1H3,(H,18,24)/t12-/m0/s1. The van der Waals surface area contributed by atoms with Crippen molar-refractivity contribution < 1.29 is 9.90 Å². The van der Waals surface area contributed by atoms with Gasteiger partial charge >= 0.3 is 0 Å². The van der Waals surface area contributed by atoms with Crippen LogP contribution in [0, 0.1) is 0 Å². The van der Waals surface area contributed by atoms with Crippen LogP contribution < -0.4 is 11.1 Å². The third-order valence-electron chi connectivity index (χ3n) is 4.42. The van der Waals surface area contributed by atoms with E-state index in [1.165, 1.54) is 0 Å². The average Bonchev–Trinajstić information content (AvgIpc) is 2.59. The number of β-amino-alcohol motifs (C(OH)–C–C–N with tert-alkyl or cyclic N) is 1. The number of aromatic nitrogens is 2. The number of nitrogens with one attached hydrogen (secondary N) is 1. The molecule has 1 atom stereocenters. The lowest BCUT2D eigenvalue weighted by Crippen LogP contribution is -2.51. The highest BCUT2D eigenvalue weighted by molar-refractivity contribution is 5.81. The monoisotopic (exact) mass is 346 g/mol. The molecule has 134 valence electrons. The minimum Gasteiger partial charge on any atom is -0.392 e. The fourth-order valence-corrected chi connectivity index (χ4v) is 3.15. The largest absolute Gasteiger partial charge is 0.392 e. The van der Waals surface area contributed by atoms with E-state index in [4.69, 9.17) is 0 Å². The highest BCUT2D eigenvalue weighted by atomic mass is 16.3. The lowest BCUT2D eigenvalue weighted by atomic mass is 10.2. The van der Waals surface area contributed by atoms with Gasteiger partial charge in [0, 0.05) is 32.7 Å². The van der Waals surface area contributed by atoms with Gasteiger partial charge in [0.2, 0.25) is 5.91 Å². The number of nitrogens with zero attached hydrogens (tertiary/aromatic N) is 3. The Morgan fingerprint density at radius 3 is 2.44 bits per heavy atom. The molecule has 1 aromatic heterocycles. The van der Waals surface area contributed by atoms with Gasteiger partial charge in [0.1, 0.15) is 6.54 Å². The van der Waals surface area contributed by atoms with Gasteiger partial charge in [-0.05, 0) is 19.1 Å². The fraction of sp³-hybridized carbons (Fsp3) is 0.471. The average molecular weight is 346 g/mol. The summed E-state index contributed by atoms with van der Waals surface area (Å²) in [7, 11) is 0. The maximum atomic E-state index is 12.5. The van der Waals surface area contributed by atoms with E-state index in [0.29, 0.717) is 43.5 Å². The van der Waals surface area contributed by atoms with E-state index in [2.05, 4.69) is 10.00 Å². The summed E-state index contributed by atoms with van der Waals surface area (Å²) < 4.78 is 1.08. The molecule has 1 fully saturated rings. The number of piperazine rings is 1. The van der Waals surface area contributed by atoms with Crippen molar-refractivity contribution >= 4 is 16.7 Å². The number of aliphatic hydroxyl groups excluding tert-OH is 1. The number of benzene rings is 1. The molecule has 0 saturated carbocycles. The molecule has 0 bridgehead atoms. The van der Waals surface area contributed by atoms with E-state index in [1.54, 1.807) is 36.1 Å². The number of fused-ring (bicyclic) bond motifs is 1. The number of hydrogen-bond donors (Lipinski definition) is 2. The molecule has 8 heteroatoms. The van der Waals surface area contributed by atoms with Gasteiger partial charge < -0.3 is 10.0 Å². The number of H-pyrrole nitrogens is 1. The van der Waals surface area contributed by atoms with Gasteiger partial charge in [-0.1, -0.05) is 12.1 Å². The highest BCUT2D eigenvalue weighted by Gasteiger charge is 2.22. The topological polar surface area (TPSA) is 98.6 Å². The quantitative estimate of drug-likeness (QED) is 0.756. The van der Waals surface area contributed by atoms with Crippen molar-refractivity contribution in [2.24, 2.45) is 0 Å². The summed E-state index contributed by atoms with van der Waals surface area (Å²) in [5.41, 5.74) is -0.763. The Morgan fingerprint density at radius 2 is 1.80 bits per heavy atom. The zero-order valence-corrected chi connectivity index (χ0v) is 14.1. The molecule has 1 aliphatic rings. The third-order valence-corrected chi connectivity index (χ3v) is 4.42. The molecule has 1 aliphatic heterocycles. The highest BCUT2D eigenvalue weighted by Crippen LogP contribution is 2.05. The second-order valence-electron chi connectivity index (χ2n) is 6.41. The van der Waals surface area contributed by atoms with Crippen LogP contribution in [0.5, 0.6) is 0 Å². The summed E-state index contributed by atoms with van der Waals surface area (Å²) >= 11 is 0. The zero-order chi connectivity index (χ0) is 18.0. The number of carbonyl (C=O) groups excluding carboxylic acids is 1. The summed E-state index contributed by atoms with van der Waals surface area (Å²) in [4.78, 5) is 40.8. The lowest BCUT2D eigenvalue weighted by Gasteiger charge is -2.35. The number of aromatic amines is 1. The van der Waals surface area contributed by atoms with Gasteiger partial charge in [0.05, 0.1) is 16.9 Å². The fourth-order valence-electron chi connectivity index (χ4n) is 3.15. The maximum Gasteiger partial charge on any atom is 0.273 e. The predicted octanol–water partition coefficient (Wildman–Crippen LogP) is -0.785. The summed E-state index contributed by atoms with van der Waals surface area (Å²) in [6.07, 6.45) is -0.400. The van der Waals surface area contributed by atoms with Crippen LogP contribution in [0.3, 0.4) is 0 Å². The lowest BCUT2D eigenvalue weighted by molar-refractivity contribution is -0.134. The van der Waals surface area contributed by atoms with Crippen LogP contribution >= 0.6 is 0 Å². The van der Waals surface area contributed by atoms with Crippen molar-refractivity contribution in [3.8, 4) is 0 Å². The van der Waals surface area contributed by atoms with Crippen molar-refractivity contribution in [3.05, 3.63) is 45.0 Å². The molecular formula is C17H22N4O4. The first kappa shape index (κ1) is 17.4. The van der Waals surface area contributed by atoms with Crippen molar-refractivity contribution in [2.75, 3.05) is 32.7 Å². The summed E-state index contributed by atoms with van der Waals surface area (Å²) in [5.74, 6) is -0.204. The Bertz CT molecular complexity index is 878.